The van der Waals surface area contributed by atoms with Crippen LogP contribution in [0.25, 0.3) is 0 Å². The van der Waals surface area contributed by atoms with Gasteiger partial charge in [-0.1, -0.05) is 20.8 Å². The van der Waals surface area contributed by atoms with E-state index >= 15 is 0 Å². The molecule has 0 rings (SSSR count). The zero-order chi connectivity index (χ0) is 11.9. The van der Waals surface area contributed by atoms with Gasteiger partial charge in [0.05, 0.1) is 0 Å². The lowest BCUT2D eigenvalue weighted by molar-refractivity contribution is 0.269. The van der Waals surface area contributed by atoms with Crippen molar-refractivity contribution < 1.29 is 8.42 Å². The van der Waals surface area contributed by atoms with Gasteiger partial charge in [0.15, 0.2) is 0 Å². The maximum absolute atomic E-state index is 11.0. The van der Waals surface area contributed by atoms with Crippen LogP contribution in [-0.4, -0.2) is 33.5 Å². The Hall–Kier alpha value is -0.0900. The predicted molar refractivity (Wildman–Crippen MR) is 65.9 cm³/mol. The van der Waals surface area contributed by atoms with Gasteiger partial charge in [0.1, 0.15) is 9.84 Å². The smallest absolute Gasteiger partial charge is 0.147 e. The third-order valence-corrected chi connectivity index (χ3v) is 3.98. The first-order valence-corrected chi connectivity index (χ1v) is 7.77. The van der Waals surface area contributed by atoms with Crippen molar-refractivity contribution in [3.63, 3.8) is 0 Å². The van der Waals surface area contributed by atoms with E-state index in [4.69, 9.17) is 0 Å². The molecule has 0 aliphatic rings. The molecule has 0 aromatic heterocycles. The van der Waals surface area contributed by atoms with E-state index in [9.17, 15) is 8.42 Å². The van der Waals surface area contributed by atoms with Gasteiger partial charge >= 0.3 is 0 Å². The summed E-state index contributed by atoms with van der Waals surface area (Å²) in [5, 5.41) is 3.34. The lowest BCUT2D eigenvalue weighted by Crippen LogP contribution is -2.31. The predicted octanol–water partition coefficient (Wildman–Crippen LogP) is 1.84. The van der Waals surface area contributed by atoms with Gasteiger partial charge in [0, 0.05) is 18.6 Å². The van der Waals surface area contributed by atoms with E-state index in [1.54, 1.807) is 0 Å². The van der Waals surface area contributed by atoms with Crippen molar-refractivity contribution in [1.82, 2.24) is 5.32 Å². The Balaban J connectivity index is 3.98. The van der Waals surface area contributed by atoms with Crippen LogP contribution in [0.1, 0.15) is 40.0 Å². The number of nitrogens with one attached hydrogen (secondary N) is 1. The molecule has 0 aliphatic carbocycles. The molecule has 0 fully saturated rings. The molecular weight excluding hydrogens is 210 g/mol. The quantitative estimate of drug-likeness (QED) is 0.698. The summed E-state index contributed by atoms with van der Waals surface area (Å²) >= 11 is 0. The molecule has 0 saturated carbocycles. The van der Waals surface area contributed by atoms with Crippen molar-refractivity contribution >= 4 is 9.84 Å². The van der Waals surface area contributed by atoms with Crippen molar-refractivity contribution in [3.8, 4) is 0 Å². The van der Waals surface area contributed by atoms with E-state index in [2.05, 4.69) is 26.1 Å². The number of hydrogen-bond acceptors (Lipinski definition) is 3. The molecule has 0 aromatic carbocycles. The van der Waals surface area contributed by atoms with Crippen LogP contribution in [0.2, 0.25) is 0 Å². The Kier molecular flexibility index (Phi) is 6.44. The van der Waals surface area contributed by atoms with Crippen molar-refractivity contribution in [2.45, 2.75) is 40.0 Å². The van der Waals surface area contributed by atoms with Gasteiger partial charge < -0.3 is 5.32 Å². The van der Waals surface area contributed by atoms with Gasteiger partial charge in [-0.3, -0.25) is 0 Å². The molecular formula is C11H25NO2S. The third kappa shape index (κ3) is 7.79. The second-order valence-corrected chi connectivity index (χ2v) is 6.94. The maximum Gasteiger partial charge on any atom is 0.147 e. The second-order valence-electron chi connectivity index (χ2n) is 4.68. The molecule has 4 heteroatoms. The molecule has 0 radical (unpaired) electrons. The molecule has 92 valence electrons. The molecule has 15 heavy (non-hydrogen) atoms. The first-order valence-electron chi connectivity index (χ1n) is 5.71. The Morgan fingerprint density at radius 1 is 1.27 bits per heavy atom. The standard InChI is InChI=1S/C11H25NO2S/c1-5-11(3,10-12-6-2)8-7-9-15(4,13)14/h12H,5-10H2,1-4H3. The van der Waals surface area contributed by atoms with E-state index in [-0.39, 0.29) is 5.41 Å². The largest absolute Gasteiger partial charge is 0.316 e. The van der Waals surface area contributed by atoms with Crippen molar-refractivity contribution in [2.24, 2.45) is 5.41 Å². The summed E-state index contributed by atoms with van der Waals surface area (Å²) in [5.41, 5.74) is 0.237. The summed E-state index contributed by atoms with van der Waals surface area (Å²) in [6.45, 7) is 8.42. The molecule has 0 aliphatic heterocycles. The SMILES string of the molecule is CCNCC(C)(CC)CCCS(C)(=O)=O. The van der Waals surface area contributed by atoms with Gasteiger partial charge in [0.2, 0.25) is 0 Å². The summed E-state index contributed by atoms with van der Waals surface area (Å²) in [5.74, 6) is 0.314. The Labute approximate surface area is 94.6 Å². The fraction of sp³-hybridized carbons (Fsp3) is 1.00. The van der Waals surface area contributed by atoms with E-state index in [1.807, 2.05) is 0 Å². The minimum atomic E-state index is -2.80. The second kappa shape index (κ2) is 6.48. The first kappa shape index (κ1) is 14.9. The molecule has 3 nitrogen and oxygen atoms in total. The van der Waals surface area contributed by atoms with Crippen LogP contribution in [-0.2, 0) is 9.84 Å². The average molecular weight is 235 g/mol. The first-order chi connectivity index (χ1) is 6.83. The minimum absolute atomic E-state index is 0.237. The summed E-state index contributed by atoms with van der Waals surface area (Å²) in [6.07, 6.45) is 4.14. The van der Waals surface area contributed by atoms with Crippen LogP contribution >= 0.6 is 0 Å². The highest BCUT2D eigenvalue weighted by Crippen LogP contribution is 2.26. The molecule has 0 saturated heterocycles. The van der Waals surface area contributed by atoms with Gasteiger partial charge in [-0.2, -0.15) is 0 Å². The lowest BCUT2D eigenvalue weighted by atomic mass is 9.83. The van der Waals surface area contributed by atoms with Crippen molar-refractivity contribution in [1.29, 1.82) is 0 Å². The van der Waals surface area contributed by atoms with Crippen molar-refractivity contribution in [3.05, 3.63) is 0 Å². The van der Waals surface area contributed by atoms with Crippen LogP contribution < -0.4 is 5.32 Å². The van der Waals surface area contributed by atoms with Crippen LogP contribution in [0.3, 0.4) is 0 Å². The van der Waals surface area contributed by atoms with Crippen LogP contribution in [0.5, 0.6) is 0 Å². The molecule has 1 unspecified atom stereocenters. The highest BCUT2D eigenvalue weighted by Gasteiger charge is 2.21. The molecule has 0 spiro atoms. The Morgan fingerprint density at radius 2 is 1.87 bits per heavy atom. The number of sulfone groups is 1. The summed E-state index contributed by atoms with van der Waals surface area (Å²) in [6, 6.07) is 0. The normalized spacial score (nSPS) is 16.3. The molecule has 0 aromatic rings. The van der Waals surface area contributed by atoms with Crippen molar-refractivity contribution in [2.75, 3.05) is 25.1 Å². The summed E-state index contributed by atoms with van der Waals surface area (Å²) in [4.78, 5) is 0. The van der Waals surface area contributed by atoms with Gasteiger partial charge in [-0.25, -0.2) is 8.42 Å². The number of hydrogen-bond donors (Lipinski definition) is 1. The monoisotopic (exact) mass is 235 g/mol. The molecule has 0 amide bonds. The van der Waals surface area contributed by atoms with Gasteiger partial charge in [-0.15, -0.1) is 0 Å². The van der Waals surface area contributed by atoms with Gasteiger partial charge in [0.25, 0.3) is 0 Å². The maximum atomic E-state index is 11.0. The zero-order valence-corrected chi connectivity index (χ0v) is 11.3. The molecule has 1 atom stereocenters. The summed E-state index contributed by atoms with van der Waals surface area (Å²) in [7, 11) is -2.80. The zero-order valence-electron chi connectivity index (χ0n) is 10.5. The van der Waals surface area contributed by atoms with E-state index in [0.717, 1.165) is 32.4 Å². The van der Waals surface area contributed by atoms with Crippen LogP contribution in [0, 0.1) is 5.41 Å². The van der Waals surface area contributed by atoms with Crippen LogP contribution in [0.15, 0.2) is 0 Å². The minimum Gasteiger partial charge on any atom is -0.316 e. The average Bonchev–Trinajstić information content (AvgIpc) is 2.13. The Morgan fingerprint density at radius 3 is 2.27 bits per heavy atom. The highest BCUT2D eigenvalue weighted by atomic mass is 32.2. The van der Waals surface area contributed by atoms with E-state index < -0.39 is 9.84 Å². The fourth-order valence-electron chi connectivity index (χ4n) is 1.58. The highest BCUT2D eigenvalue weighted by molar-refractivity contribution is 7.90. The van der Waals surface area contributed by atoms with Gasteiger partial charge in [-0.05, 0) is 31.2 Å². The molecule has 0 bridgehead atoms. The van der Waals surface area contributed by atoms with Crippen LogP contribution in [0.4, 0.5) is 0 Å². The molecule has 1 N–H and O–H groups in total. The number of rotatable bonds is 8. The molecule has 0 heterocycles. The lowest BCUT2D eigenvalue weighted by Gasteiger charge is -2.28. The third-order valence-electron chi connectivity index (χ3n) is 2.95. The topological polar surface area (TPSA) is 46.2 Å². The Bertz CT molecular complexity index is 262. The summed E-state index contributed by atoms with van der Waals surface area (Å²) < 4.78 is 22.0. The van der Waals surface area contributed by atoms with E-state index in [0.29, 0.717) is 5.75 Å². The fourth-order valence-corrected chi connectivity index (χ4v) is 2.25. The van der Waals surface area contributed by atoms with E-state index in [1.165, 1.54) is 6.26 Å².